The van der Waals surface area contributed by atoms with Crippen molar-refractivity contribution in [2.75, 3.05) is 18.6 Å². The van der Waals surface area contributed by atoms with Crippen LogP contribution < -0.4 is 9.64 Å². The lowest BCUT2D eigenvalue weighted by atomic mass is 10.00. The molecule has 0 saturated heterocycles. The summed E-state index contributed by atoms with van der Waals surface area (Å²) in [7, 11) is 1.68. The van der Waals surface area contributed by atoms with Gasteiger partial charge in [0.1, 0.15) is 5.75 Å². The molecule has 2 aromatic carbocycles. The maximum Gasteiger partial charge on any atom is 0.128 e. The molecule has 3 rings (SSSR count). The second-order valence-corrected chi connectivity index (χ2v) is 7.53. The van der Waals surface area contributed by atoms with Crippen LogP contribution in [0.4, 0.5) is 5.69 Å². The zero-order valence-electron chi connectivity index (χ0n) is 14.8. The molecule has 25 heavy (non-hydrogen) atoms. The van der Waals surface area contributed by atoms with E-state index in [1.54, 1.807) is 25.8 Å². The third-order valence-corrected chi connectivity index (χ3v) is 5.59. The van der Waals surface area contributed by atoms with Gasteiger partial charge in [-0.15, -0.1) is 0 Å². The maximum absolute atomic E-state index is 9.80. The van der Waals surface area contributed by atoms with Gasteiger partial charge < -0.3 is 14.7 Å². The minimum absolute atomic E-state index is 0.501. The van der Waals surface area contributed by atoms with Crippen LogP contribution in [0.15, 0.2) is 46.3 Å². The van der Waals surface area contributed by atoms with Crippen LogP contribution in [0.5, 0.6) is 5.75 Å². The SMILES string of the molecule is CCN1/C(=C/C(C)O)Sc2ccc(OC)c(-c3ccc(C)cc3Cl)c21. The van der Waals surface area contributed by atoms with Gasteiger partial charge in [0, 0.05) is 22.0 Å². The normalized spacial score (nSPS) is 16.2. The van der Waals surface area contributed by atoms with Crippen LogP contribution in [-0.2, 0) is 0 Å². The minimum atomic E-state index is -0.501. The van der Waals surface area contributed by atoms with Crippen molar-refractivity contribution in [3.63, 3.8) is 0 Å². The van der Waals surface area contributed by atoms with Crippen molar-refractivity contribution in [1.82, 2.24) is 0 Å². The van der Waals surface area contributed by atoms with Crippen molar-refractivity contribution in [3.05, 3.63) is 52.0 Å². The van der Waals surface area contributed by atoms with E-state index in [2.05, 4.69) is 24.0 Å². The summed E-state index contributed by atoms with van der Waals surface area (Å²) in [6.07, 6.45) is 1.38. The first-order valence-corrected chi connectivity index (χ1v) is 9.48. The Hall–Kier alpha value is -1.62. The highest BCUT2D eigenvalue weighted by Gasteiger charge is 2.30. The summed E-state index contributed by atoms with van der Waals surface area (Å²) in [5.41, 5.74) is 4.16. The fraction of sp³-hybridized carbons (Fsp3) is 0.300. The molecular weight excluding hydrogens is 354 g/mol. The van der Waals surface area contributed by atoms with Crippen LogP contribution in [0.1, 0.15) is 19.4 Å². The van der Waals surface area contributed by atoms with E-state index in [4.69, 9.17) is 16.3 Å². The predicted molar refractivity (Wildman–Crippen MR) is 107 cm³/mol. The van der Waals surface area contributed by atoms with Crippen LogP contribution in [0.2, 0.25) is 5.02 Å². The van der Waals surface area contributed by atoms with Crippen molar-refractivity contribution < 1.29 is 9.84 Å². The predicted octanol–water partition coefficient (Wildman–Crippen LogP) is 5.48. The molecule has 5 heteroatoms. The van der Waals surface area contributed by atoms with Gasteiger partial charge in [-0.05, 0) is 50.6 Å². The van der Waals surface area contributed by atoms with E-state index in [0.29, 0.717) is 5.02 Å². The lowest BCUT2D eigenvalue weighted by molar-refractivity contribution is 0.243. The highest BCUT2D eigenvalue weighted by atomic mass is 35.5. The number of aryl methyl sites for hydroxylation is 1. The van der Waals surface area contributed by atoms with Crippen LogP contribution in [0.3, 0.4) is 0 Å². The Labute approximate surface area is 158 Å². The number of aliphatic hydroxyl groups excluding tert-OH is 1. The number of halogens is 1. The number of anilines is 1. The van der Waals surface area contributed by atoms with Crippen LogP contribution >= 0.6 is 23.4 Å². The second kappa shape index (κ2) is 7.32. The number of thioether (sulfide) groups is 1. The Morgan fingerprint density at radius 1 is 1.32 bits per heavy atom. The van der Waals surface area contributed by atoms with E-state index in [9.17, 15) is 5.11 Å². The van der Waals surface area contributed by atoms with Gasteiger partial charge in [-0.3, -0.25) is 0 Å². The van der Waals surface area contributed by atoms with Crippen molar-refractivity contribution in [3.8, 4) is 16.9 Å². The van der Waals surface area contributed by atoms with E-state index in [1.165, 1.54) is 0 Å². The fourth-order valence-corrected chi connectivity index (χ4v) is 4.67. The summed E-state index contributed by atoms with van der Waals surface area (Å²) < 4.78 is 5.66. The van der Waals surface area contributed by atoms with Gasteiger partial charge in [0.25, 0.3) is 0 Å². The van der Waals surface area contributed by atoms with E-state index in [-0.39, 0.29) is 0 Å². The van der Waals surface area contributed by atoms with Gasteiger partial charge >= 0.3 is 0 Å². The first-order chi connectivity index (χ1) is 12.0. The first kappa shape index (κ1) is 18.2. The average molecular weight is 376 g/mol. The van der Waals surface area contributed by atoms with Crippen molar-refractivity contribution in [2.24, 2.45) is 0 Å². The Kier molecular flexibility index (Phi) is 5.32. The molecule has 1 N–H and O–H groups in total. The Balaban J connectivity index is 2.26. The van der Waals surface area contributed by atoms with E-state index in [1.807, 2.05) is 31.2 Å². The van der Waals surface area contributed by atoms with Crippen LogP contribution in [0, 0.1) is 6.92 Å². The lowest BCUT2D eigenvalue weighted by Gasteiger charge is -2.23. The number of rotatable bonds is 4. The summed E-state index contributed by atoms with van der Waals surface area (Å²) >= 11 is 8.23. The largest absolute Gasteiger partial charge is 0.496 e. The minimum Gasteiger partial charge on any atom is -0.496 e. The van der Waals surface area contributed by atoms with E-state index >= 15 is 0 Å². The molecule has 0 saturated carbocycles. The summed E-state index contributed by atoms with van der Waals surface area (Å²) in [6, 6.07) is 10.1. The van der Waals surface area contributed by atoms with Crippen molar-refractivity contribution in [1.29, 1.82) is 0 Å². The van der Waals surface area contributed by atoms with Gasteiger partial charge in [0.15, 0.2) is 0 Å². The molecule has 0 aromatic heterocycles. The smallest absolute Gasteiger partial charge is 0.128 e. The number of hydrogen-bond donors (Lipinski definition) is 1. The van der Waals surface area contributed by atoms with Gasteiger partial charge in [-0.2, -0.15) is 0 Å². The number of ether oxygens (including phenoxy) is 1. The molecule has 1 aliphatic rings. The molecule has 0 fully saturated rings. The number of nitrogens with zero attached hydrogens (tertiary/aromatic N) is 1. The highest BCUT2D eigenvalue weighted by Crippen LogP contribution is 2.54. The number of aliphatic hydroxyl groups is 1. The number of fused-ring (bicyclic) bond motifs is 1. The molecule has 0 amide bonds. The molecule has 132 valence electrons. The Morgan fingerprint density at radius 3 is 2.68 bits per heavy atom. The summed E-state index contributed by atoms with van der Waals surface area (Å²) in [4.78, 5) is 3.35. The summed E-state index contributed by atoms with van der Waals surface area (Å²) in [6.45, 7) is 6.69. The molecule has 3 nitrogen and oxygen atoms in total. The maximum atomic E-state index is 9.80. The molecule has 0 radical (unpaired) electrons. The summed E-state index contributed by atoms with van der Waals surface area (Å²) in [5.74, 6) is 0.793. The quantitative estimate of drug-likeness (QED) is 0.767. The zero-order chi connectivity index (χ0) is 18.1. The average Bonchev–Trinajstić information content (AvgIpc) is 2.90. The molecule has 2 aromatic rings. The Bertz CT molecular complexity index is 833. The topological polar surface area (TPSA) is 32.7 Å². The van der Waals surface area contributed by atoms with Gasteiger partial charge in [0.2, 0.25) is 0 Å². The van der Waals surface area contributed by atoms with Crippen molar-refractivity contribution in [2.45, 2.75) is 31.8 Å². The third-order valence-electron chi connectivity index (χ3n) is 4.17. The van der Waals surface area contributed by atoms with Gasteiger partial charge in [0.05, 0.1) is 29.5 Å². The lowest BCUT2D eigenvalue weighted by Crippen LogP contribution is -2.18. The first-order valence-electron chi connectivity index (χ1n) is 8.29. The molecule has 0 spiro atoms. The molecule has 0 aliphatic carbocycles. The second-order valence-electron chi connectivity index (χ2n) is 6.06. The third kappa shape index (κ3) is 3.39. The standard InChI is InChI=1S/C20H22ClNO2S/c1-5-22-18(11-13(3)23)25-17-9-8-16(24-4)19(20(17)22)14-7-6-12(2)10-15(14)21/h6-11,13,23H,5H2,1-4H3/b18-11-. The molecular formula is C20H22ClNO2S. The van der Waals surface area contributed by atoms with Crippen molar-refractivity contribution >= 4 is 29.1 Å². The molecule has 1 atom stereocenters. The van der Waals surface area contributed by atoms with Gasteiger partial charge in [-0.1, -0.05) is 35.5 Å². The number of hydrogen-bond acceptors (Lipinski definition) is 4. The number of benzene rings is 2. The molecule has 1 unspecified atom stereocenters. The molecule has 1 aliphatic heterocycles. The van der Waals surface area contributed by atoms with E-state index < -0.39 is 6.10 Å². The monoisotopic (exact) mass is 375 g/mol. The number of methoxy groups -OCH3 is 1. The fourth-order valence-electron chi connectivity index (χ4n) is 3.08. The summed E-state index contributed by atoms with van der Waals surface area (Å²) in [5, 5.41) is 11.5. The van der Waals surface area contributed by atoms with Gasteiger partial charge in [-0.25, -0.2) is 0 Å². The zero-order valence-corrected chi connectivity index (χ0v) is 16.4. The van der Waals surface area contributed by atoms with Crippen LogP contribution in [0.25, 0.3) is 11.1 Å². The van der Waals surface area contributed by atoms with Crippen LogP contribution in [-0.4, -0.2) is 24.9 Å². The molecule has 1 heterocycles. The highest BCUT2D eigenvalue weighted by molar-refractivity contribution is 8.03. The molecule has 0 bridgehead atoms. The van der Waals surface area contributed by atoms with E-state index in [0.717, 1.165) is 44.6 Å². The Morgan fingerprint density at radius 2 is 2.08 bits per heavy atom.